The quantitative estimate of drug-likeness (QED) is 0.108. The van der Waals surface area contributed by atoms with E-state index < -0.39 is 23.2 Å². The highest BCUT2D eigenvalue weighted by molar-refractivity contribution is 5.83. The molecule has 0 unspecified atom stereocenters. The molecule has 1 N–H and O–H groups in total. The zero-order chi connectivity index (χ0) is 31.0. The number of fused-ring (bicyclic) bond motifs is 3. The molecule has 2 aromatic heterocycles. The van der Waals surface area contributed by atoms with E-state index in [4.69, 9.17) is 14.2 Å². The number of rotatable bonds is 14. The number of para-hydroxylation sites is 2. The van der Waals surface area contributed by atoms with E-state index in [1.807, 2.05) is 115 Å². The fraction of sp³-hybridized carbons (Fsp3) is 0.194. The van der Waals surface area contributed by atoms with Crippen LogP contribution in [0, 0.1) is 10.1 Å². The summed E-state index contributed by atoms with van der Waals surface area (Å²) in [7, 11) is 0. The van der Waals surface area contributed by atoms with E-state index in [-0.39, 0.29) is 31.2 Å². The van der Waals surface area contributed by atoms with Crippen LogP contribution in [0.2, 0.25) is 0 Å². The van der Waals surface area contributed by atoms with Gasteiger partial charge in [0.25, 0.3) is 0 Å². The summed E-state index contributed by atoms with van der Waals surface area (Å²) in [6.07, 6.45) is -1.21. The third-order valence-electron chi connectivity index (χ3n) is 7.57. The molecule has 9 nitrogen and oxygen atoms in total. The second-order valence-corrected chi connectivity index (χ2v) is 10.8. The van der Waals surface area contributed by atoms with Crippen molar-refractivity contribution < 1.29 is 24.2 Å². The molecule has 45 heavy (non-hydrogen) atoms. The molecule has 0 spiro atoms. The van der Waals surface area contributed by atoms with Gasteiger partial charge >= 0.3 is 5.69 Å². The third-order valence-corrected chi connectivity index (χ3v) is 7.57. The SMILES string of the molecule is O=[N+]([O-])c1cc([C@@H](OCc2ccccc2)[C@@H](OCc2ccccc2)[C@H](O)COCc2ccccc2)cn2c1nc1ccccc12. The number of pyridine rings is 1. The zero-order valence-corrected chi connectivity index (χ0v) is 24.5. The molecule has 4 aromatic carbocycles. The first kappa shape index (κ1) is 30.1. The van der Waals surface area contributed by atoms with Crippen LogP contribution in [0.1, 0.15) is 28.4 Å². The van der Waals surface area contributed by atoms with Crippen molar-refractivity contribution in [2.45, 2.75) is 38.1 Å². The van der Waals surface area contributed by atoms with Gasteiger partial charge in [0.15, 0.2) is 0 Å². The van der Waals surface area contributed by atoms with Gasteiger partial charge in [0.05, 0.1) is 42.4 Å². The molecule has 3 atom stereocenters. The minimum atomic E-state index is -1.13. The lowest BCUT2D eigenvalue weighted by molar-refractivity contribution is -0.383. The van der Waals surface area contributed by atoms with Gasteiger partial charge in [0, 0.05) is 17.8 Å². The van der Waals surface area contributed by atoms with Crippen molar-refractivity contribution in [2.24, 2.45) is 0 Å². The van der Waals surface area contributed by atoms with Crippen molar-refractivity contribution in [3.05, 3.63) is 160 Å². The van der Waals surface area contributed by atoms with E-state index in [9.17, 15) is 15.2 Å². The van der Waals surface area contributed by atoms with E-state index >= 15 is 0 Å². The fourth-order valence-corrected chi connectivity index (χ4v) is 5.33. The largest absolute Gasteiger partial charge is 0.388 e. The van der Waals surface area contributed by atoms with Crippen LogP contribution in [-0.4, -0.2) is 38.2 Å². The Kier molecular flexibility index (Phi) is 9.53. The van der Waals surface area contributed by atoms with Gasteiger partial charge in [-0.3, -0.25) is 14.5 Å². The smallest absolute Gasteiger partial charge is 0.312 e. The molecule has 0 aliphatic rings. The van der Waals surface area contributed by atoms with Crippen LogP contribution in [0.5, 0.6) is 0 Å². The van der Waals surface area contributed by atoms with Gasteiger partial charge in [0.1, 0.15) is 18.3 Å². The van der Waals surface area contributed by atoms with Gasteiger partial charge in [-0.2, -0.15) is 0 Å². The van der Waals surface area contributed by atoms with Crippen LogP contribution in [-0.2, 0) is 34.0 Å². The van der Waals surface area contributed by atoms with Crippen LogP contribution in [0.3, 0.4) is 0 Å². The van der Waals surface area contributed by atoms with Crippen molar-refractivity contribution in [3.63, 3.8) is 0 Å². The number of hydrogen-bond acceptors (Lipinski definition) is 7. The van der Waals surface area contributed by atoms with E-state index in [2.05, 4.69) is 4.98 Å². The van der Waals surface area contributed by atoms with Gasteiger partial charge in [-0.25, -0.2) is 4.98 Å². The standard InChI is InChI=1S/C36H33N3O6/c40-33(25-43-22-26-12-4-1-5-13-26)35(45-24-28-16-8-3-9-17-28)34(44-23-27-14-6-2-7-15-27)29-20-32(39(41)42)36-37-30-18-10-11-19-31(30)38(36)21-29/h1-21,33-35,40H,22-25H2/t33-,34-,35+/m1/s1. The highest BCUT2D eigenvalue weighted by atomic mass is 16.6. The summed E-state index contributed by atoms with van der Waals surface area (Å²) in [6, 6.07) is 37.8. The molecule has 6 rings (SSSR count). The average Bonchev–Trinajstić information content (AvgIpc) is 3.45. The van der Waals surface area contributed by atoms with E-state index in [0.717, 1.165) is 16.7 Å². The first-order valence-electron chi connectivity index (χ1n) is 14.7. The Morgan fingerprint density at radius 1 is 0.756 bits per heavy atom. The summed E-state index contributed by atoms with van der Waals surface area (Å²) < 4.78 is 20.6. The first-order chi connectivity index (χ1) is 22.1. The molecule has 6 aromatic rings. The highest BCUT2D eigenvalue weighted by Crippen LogP contribution is 2.34. The van der Waals surface area contributed by atoms with Crippen molar-refractivity contribution in [1.29, 1.82) is 0 Å². The zero-order valence-electron chi connectivity index (χ0n) is 24.5. The summed E-state index contributed by atoms with van der Waals surface area (Å²) >= 11 is 0. The topological polar surface area (TPSA) is 108 Å². The molecule has 9 heteroatoms. The summed E-state index contributed by atoms with van der Waals surface area (Å²) in [5.74, 6) is 0. The van der Waals surface area contributed by atoms with Gasteiger partial charge in [-0.05, 0) is 28.8 Å². The maximum absolute atomic E-state index is 12.3. The summed E-state index contributed by atoms with van der Waals surface area (Å²) in [5, 5.41) is 24.0. The maximum Gasteiger partial charge on any atom is 0.312 e. The number of ether oxygens (including phenoxy) is 3. The Morgan fingerprint density at radius 2 is 1.31 bits per heavy atom. The molecule has 228 valence electrons. The lowest BCUT2D eigenvalue weighted by Crippen LogP contribution is -2.39. The third kappa shape index (κ3) is 7.25. The Bertz CT molecular complexity index is 1850. The normalized spacial score (nSPS) is 13.5. The first-order valence-corrected chi connectivity index (χ1v) is 14.7. The number of imidazole rings is 1. The Hall–Kier alpha value is -4.93. The van der Waals surface area contributed by atoms with Gasteiger partial charge < -0.3 is 19.3 Å². The predicted molar refractivity (Wildman–Crippen MR) is 170 cm³/mol. The van der Waals surface area contributed by atoms with Gasteiger partial charge in [-0.1, -0.05) is 103 Å². The molecule has 0 bridgehead atoms. The number of nitro groups is 1. The van der Waals surface area contributed by atoms with Crippen LogP contribution in [0.15, 0.2) is 128 Å². The molecule has 2 heterocycles. The van der Waals surface area contributed by atoms with E-state index in [1.165, 1.54) is 6.07 Å². The van der Waals surface area contributed by atoms with Gasteiger partial charge in [0.2, 0.25) is 5.65 Å². The molecule has 0 fully saturated rings. The minimum Gasteiger partial charge on any atom is -0.388 e. The minimum absolute atomic E-state index is 0.0438. The van der Waals surface area contributed by atoms with Crippen molar-refractivity contribution in [3.8, 4) is 0 Å². The van der Waals surface area contributed by atoms with Crippen LogP contribution in [0.4, 0.5) is 5.69 Å². The van der Waals surface area contributed by atoms with Gasteiger partial charge in [-0.15, -0.1) is 0 Å². The highest BCUT2D eigenvalue weighted by Gasteiger charge is 2.34. The molecular weight excluding hydrogens is 570 g/mol. The molecule has 0 amide bonds. The van der Waals surface area contributed by atoms with Crippen molar-refractivity contribution >= 4 is 22.4 Å². The lowest BCUT2D eigenvalue weighted by atomic mass is 10.0. The number of nitrogens with zero attached hydrogens (tertiary/aromatic N) is 3. The number of aliphatic hydroxyl groups is 1. The molecule has 0 aliphatic heterocycles. The molecular formula is C36H33N3O6. The number of hydrogen-bond donors (Lipinski definition) is 1. The number of benzene rings is 4. The van der Waals surface area contributed by atoms with E-state index in [1.54, 1.807) is 10.6 Å². The summed E-state index contributed by atoms with van der Waals surface area (Å²) in [4.78, 5) is 16.4. The van der Waals surface area contributed by atoms with E-state index in [0.29, 0.717) is 23.2 Å². The Labute approximate surface area is 260 Å². The molecule has 0 aliphatic carbocycles. The van der Waals surface area contributed by atoms with Crippen LogP contribution >= 0.6 is 0 Å². The average molecular weight is 604 g/mol. The molecule has 0 radical (unpaired) electrons. The second kappa shape index (κ2) is 14.2. The van der Waals surface area contributed by atoms with Crippen LogP contribution in [0.25, 0.3) is 16.7 Å². The maximum atomic E-state index is 12.3. The molecule has 0 saturated carbocycles. The number of aromatic nitrogens is 2. The van der Waals surface area contributed by atoms with Crippen molar-refractivity contribution in [1.82, 2.24) is 9.38 Å². The van der Waals surface area contributed by atoms with Crippen molar-refractivity contribution in [2.75, 3.05) is 6.61 Å². The number of aliphatic hydroxyl groups excluding tert-OH is 1. The summed E-state index contributed by atoms with van der Waals surface area (Å²) in [6.45, 7) is 0.630. The Morgan fingerprint density at radius 3 is 1.93 bits per heavy atom. The Balaban J connectivity index is 1.39. The molecule has 0 saturated heterocycles. The lowest BCUT2D eigenvalue weighted by Gasteiger charge is -2.31. The summed E-state index contributed by atoms with van der Waals surface area (Å²) in [5.41, 5.74) is 4.64. The predicted octanol–water partition coefficient (Wildman–Crippen LogP) is 6.82. The second-order valence-electron chi connectivity index (χ2n) is 10.8. The fourth-order valence-electron chi connectivity index (χ4n) is 5.33. The van der Waals surface area contributed by atoms with Crippen LogP contribution < -0.4 is 0 Å². The monoisotopic (exact) mass is 603 g/mol.